The van der Waals surface area contributed by atoms with E-state index in [4.69, 9.17) is 23.8 Å². The lowest BCUT2D eigenvalue weighted by Crippen LogP contribution is -2.54. The van der Waals surface area contributed by atoms with Gasteiger partial charge in [-0.3, -0.25) is 19.2 Å². The maximum atomic E-state index is 12.7. The topological polar surface area (TPSA) is 118 Å². The lowest BCUT2D eigenvalue weighted by molar-refractivity contribution is -0.245. The minimum Gasteiger partial charge on any atom is -0.456 e. The molecule has 3 aliphatic rings. The first-order chi connectivity index (χ1) is 12.9. The molecule has 2 heterocycles. The van der Waals surface area contributed by atoms with E-state index in [1.165, 1.54) is 20.8 Å². The van der Waals surface area contributed by atoms with Gasteiger partial charge in [-0.1, -0.05) is 0 Å². The van der Waals surface area contributed by atoms with Crippen LogP contribution in [0.4, 0.5) is 4.79 Å². The van der Waals surface area contributed by atoms with Crippen molar-refractivity contribution in [1.82, 2.24) is 5.06 Å². The molecule has 0 aromatic rings. The molecule has 2 bridgehead atoms. The number of carbonyl (C=O) groups excluding carboxylic acids is 4. The Morgan fingerprint density at radius 3 is 1.82 bits per heavy atom. The molecule has 2 saturated heterocycles. The van der Waals surface area contributed by atoms with Crippen LogP contribution in [0.5, 0.6) is 0 Å². The Labute approximate surface area is 163 Å². The zero-order chi connectivity index (χ0) is 21.2. The lowest BCUT2D eigenvalue weighted by atomic mass is 10.0. The van der Waals surface area contributed by atoms with Gasteiger partial charge in [0, 0.05) is 20.8 Å². The highest BCUT2D eigenvalue weighted by Crippen LogP contribution is 2.37. The van der Waals surface area contributed by atoms with Gasteiger partial charge >= 0.3 is 24.0 Å². The molecule has 0 aromatic carbocycles. The number of rotatable bonds is 3. The number of nitrogens with zero attached hydrogens (tertiary/aromatic N) is 1. The van der Waals surface area contributed by atoms with Gasteiger partial charge in [-0.15, -0.1) is 0 Å². The first kappa shape index (κ1) is 21.9. The Balaban J connectivity index is 2.44. The van der Waals surface area contributed by atoms with Gasteiger partial charge in [-0.2, -0.15) is 5.06 Å². The zero-order valence-electron chi connectivity index (χ0n) is 16.9. The maximum Gasteiger partial charge on any atom is 0.434 e. The third kappa shape index (κ3) is 5.34. The predicted molar refractivity (Wildman–Crippen MR) is 92.6 cm³/mol. The van der Waals surface area contributed by atoms with Crippen LogP contribution in [-0.4, -0.2) is 65.1 Å². The molecule has 0 unspecified atom stereocenters. The SMILES string of the molecule is CC(=O)O[C@@H]1[C@H](OC(C)=O)[C@@H]2CC[C@H]([C@H]1OC(C)=O)N(C(=O)OC(C)(C)C)O2. The summed E-state index contributed by atoms with van der Waals surface area (Å²) in [6.07, 6.45) is -4.05. The number of hydrogen-bond acceptors (Lipinski definition) is 9. The van der Waals surface area contributed by atoms with Crippen LogP contribution in [-0.2, 0) is 38.2 Å². The number of fused-ring (bicyclic) bond motifs is 4. The van der Waals surface area contributed by atoms with E-state index in [0.29, 0.717) is 12.8 Å². The zero-order valence-corrected chi connectivity index (χ0v) is 16.9. The summed E-state index contributed by atoms with van der Waals surface area (Å²) in [6, 6.07) is -0.778. The van der Waals surface area contributed by atoms with E-state index >= 15 is 0 Å². The average molecular weight is 401 g/mol. The highest BCUT2D eigenvalue weighted by atomic mass is 16.8. The van der Waals surface area contributed by atoms with Crippen molar-refractivity contribution in [3.05, 3.63) is 0 Å². The highest BCUT2D eigenvalue weighted by molar-refractivity contribution is 5.70. The number of esters is 3. The van der Waals surface area contributed by atoms with Crippen molar-refractivity contribution >= 4 is 24.0 Å². The summed E-state index contributed by atoms with van der Waals surface area (Å²) >= 11 is 0. The molecule has 0 radical (unpaired) electrons. The van der Waals surface area contributed by atoms with Gasteiger partial charge in [-0.25, -0.2) is 4.79 Å². The molecule has 3 rings (SSSR count). The third-order valence-corrected chi connectivity index (χ3v) is 4.17. The van der Waals surface area contributed by atoms with E-state index < -0.39 is 60.1 Å². The quantitative estimate of drug-likeness (QED) is 0.512. The summed E-state index contributed by atoms with van der Waals surface area (Å²) in [6.45, 7) is 8.70. The minimum absolute atomic E-state index is 0.372. The van der Waals surface area contributed by atoms with Gasteiger partial charge in [0.2, 0.25) is 0 Å². The smallest absolute Gasteiger partial charge is 0.434 e. The van der Waals surface area contributed by atoms with Crippen LogP contribution >= 0.6 is 0 Å². The maximum absolute atomic E-state index is 12.7. The second-order valence-electron chi connectivity index (χ2n) is 7.82. The van der Waals surface area contributed by atoms with Crippen molar-refractivity contribution in [2.24, 2.45) is 0 Å². The van der Waals surface area contributed by atoms with Gasteiger partial charge in [0.05, 0.1) is 0 Å². The molecule has 3 fully saturated rings. The molecule has 158 valence electrons. The normalized spacial score (nSPS) is 29.5. The fourth-order valence-corrected chi connectivity index (χ4v) is 3.35. The second kappa shape index (κ2) is 8.34. The van der Waals surface area contributed by atoms with Gasteiger partial charge < -0.3 is 18.9 Å². The number of amides is 1. The molecule has 0 spiro atoms. The van der Waals surface area contributed by atoms with Crippen LogP contribution < -0.4 is 0 Å². The molecule has 1 amide bonds. The Bertz CT molecular complexity index is 641. The summed E-state index contributed by atoms with van der Waals surface area (Å²) < 4.78 is 21.5. The third-order valence-electron chi connectivity index (χ3n) is 4.17. The number of carbonyl (C=O) groups is 4. The molecule has 5 atom stereocenters. The van der Waals surface area contributed by atoms with Crippen molar-refractivity contribution in [3.8, 4) is 0 Å². The van der Waals surface area contributed by atoms with Crippen LogP contribution in [0.2, 0.25) is 0 Å². The van der Waals surface area contributed by atoms with Crippen molar-refractivity contribution < 1.29 is 43.0 Å². The fraction of sp³-hybridized carbons (Fsp3) is 0.778. The molecule has 28 heavy (non-hydrogen) atoms. The van der Waals surface area contributed by atoms with Crippen molar-refractivity contribution in [2.45, 2.75) is 90.4 Å². The molecular formula is C18H27NO9. The Morgan fingerprint density at radius 2 is 1.32 bits per heavy atom. The minimum atomic E-state index is -1.13. The monoisotopic (exact) mass is 401 g/mol. The molecule has 1 aliphatic carbocycles. The van der Waals surface area contributed by atoms with E-state index in [2.05, 4.69) is 0 Å². The van der Waals surface area contributed by atoms with E-state index in [9.17, 15) is 19.2 Å². The summed E-state index contributed by atoms with van der Waals surface area (Å²) in [4.78, 5) is 53.4. The first-order valence-corrected chi connectivity index (χ1v) is 9.09. The molecule has 0 N–H and O–H groups in total. The van der Waals surface area contributed by atoms with Crippen LogP contribution in [0.25, 0.3) is 0 Å². The standard InChI is InChI=1S/C18H27NO9/c1-9(20)24-14-12-7-8-13(28-19(12)17(23)27-18(4,5)6)15(25-10(2)21)16(14)26-11(3)22/h12-16H,7-8H2,1-6H3/t12-,13+,14-,15-,16+/m1/s1. The van der Waals surface area contributed by atoms with Crippen molar-refractivity contribution in [3.63, 3.8) is 0 Å². The van der Waals surface area contributed by atoms with E-state index in [1.807, 2.05) is 0 Å². The first-order valence-electron chi connectivity index (χ1n) is 9.09. The number of hydroxylamine groups is 2. The van der Waals surface area contributed by atoms with Crippen molar-refractivity contribution in [2.75, 3.05) is 0 Å². The summed E-state index contributed by atoms with van der Waals surface area (Å²) in [5.41, 5.74) is -0.784. The molecule has 10 nitrogen and oxygen atoms in total. The molecular weight excluding hydrogens is 374 g/mol. The predicted octanol–water partition coefficient (Wildman–Crippen LogP) is 1.49. The van der Waals surface area contributed by atoms with Crippen LogP contribution in [0.3, 0.4) is 0 Å². The van der Waals surface area contributed by atoms with Gasteiger partial charge in [0.25, 0.3) is 0 Å². The van der Waals surface area contributed by atoms with Crippen LogP contribution in [0.15, 0.2) is 0 Å². The Hall–Kier alpha value is -2.36. The van der Waals surface area contributed by atoms with Gasteiger partial charge in [-0.05, 0) is 33.6 Å². The van der Waals surface area contributed by atoms with E-state index in [-0.39, 0.29) is 0 Å². The largest absolute Gasteiger partial charge is 0.456 e. The molecule has 2 aliphatic heterocycles. The van der Waals surface area contributed by atoms with E-state index in [0.717, 1.165) is 5.06 Å². The van der Waals surface area contributed by atoms with Crippen molar-refractivity contribution in [1.29, 1.82) is 0 Å². The average Bonchev–Trinajstić information content (AvgIpc) is 2.70. The van der Waals surface area contributed by atoms with Gasteiger partial charge in [0.1, 0.15) is 17.7 Å². The summed E-state index contributed by atoms with van der Waals surface area (Å²) in [7, 11) is 0. The Kier molecular flexibility index (Phi) is 6.53. The number of hydrogen-bond donors (Lipinski definition) is 0. The molecule has 1 saturated carbocycles. The van der Waals surface area contributed by atoms with Crippen LogP contribution in [0.1, 0.15) is 54.4 Å². The summed E-state index contributed by atoms with van der Waals surface area (Å²) in [5, 5.41) is 0.993. The molecule has 0 aromatic heterocycles. The Morgan fingerprint density at radius 1 is 0.821 bits per heavy atom. The number of ether oxygens (including phenoxy) is 4. The second-order valence-corrected chi connectivity index (χ2v) is 7.82. The van der Waals surface area contributed by atoms with Gasteiger partial charge in [0.15, 0.2) is 18.3 Å². The van der Waals surface area contributed by atoms with Crippen LogP contribution in [0, 0.1) is 0 Å². The fourth-order valence-electron chi connectivity index (χ4n) is 3.35. The van der Waals surface area contributed by atoms with E-state index in [1.54, 1.807) is 20.8 Å². The summed E-state index contributed by atoms with van der Waals surface area (Å²) in [5.74, 6) is -1.91. The highest BCUT2D eigenvalue weighted by Gasteiger charge is 2.56. The molecule has 10 heteroatoms. The lowest BCUT2D eigenvalue weighted by Gasteiger charge is -2.38.